The molecule has 0 saturated carbocycles. The third-order valence-corrected chi connectivity index (χ3v) is 3.87. The molecule has 2 amide bonds. The average Bonchev–Trinajstić information content (AvgIpc) is 2.76. The van der Waals surface area contributed by atoms with E-state index in [1.807, 2.05) is 0 Å². The molecule has 0 N–H and O–H groups in total. The summed E-state index contributed by atoms with van der Waals surface area (Å²) in [5.74, 6) is -1.44. The van der Waals surface area contributed by atoms with Gasteiger partial charge in [-0.1, -0.05) is 12.1 Å². The van der Waals surface area contributed by atoms with E-state index in [0.717, 1.165) is 11.0 Å². The van der Waals surface area contributed by atoms with Crippen molar-refractivity contribution in [2.45, 2.75) is 6.10 Å². The summed E-state index contributed by atoms with van der Waals surface area (Å²) >= 11 is 0. The average molecular weight is 313 g/mol. The van der Waals surface area contributed by atoms with E-state index >= 15 is 0 Å². The van der Waals surface area contributed by atoms with Crippen LogP contribution in [0.15, 0.2) is 42.5 Å². The Kier molecular flexibility index (Phi) is 3.12. The predicted molar refractivity (Wildman–Crippen MR) is 79.2 cm³/mol. The minimum atomic E-state index is -0.619. The molecule has 0 bridgehead atoms. The highest BCUT2D eigenvalue weighted by molar-refractivity contribution is 6.34. The summed E-state index contributed by atoms with van der Waals surface area (Å²) in [7, 11) is 0. The van der Waals surface area contributed by atoms with Crippen LogP contribution in [0.1, 0.15) is 20.7 Å². The molecule has 5 nitrogen and oxygen atoms in total. The molecule has 0 unspecified atom stereocenters. The number of ether oxygens (including phenoxy) is 2. The third-order valence-electron chi connectivity index (χ3n) is 3.87. The van der Waals surface area contributed by atoms with Crippen LogP contribution in [0, 0.1) is 5.82 Å². The Morgan fingerprint density at radius 3 is 2.22 bits per heavy atom. The number of halogens is 1. The number of benzene rings is 2. The van der Waals surface area contributed by atoms with Crippen molar-refractivity contribution in [1.29, 1.82) is 0 Å². The second kappa shape index (κ2) is 5.17. The zero-order valence-corrected chi connectivity index (χ0v) is 12.0. The molecule has 4 rings (SSSR count). The van der Waals surface area contributed by atoms with Crippen LogP contribution in [-0.4, -0.2) is 31.1 Å². The van der Waals surface area contributed by atoms with Gasteiger partial charge in [0.15, 0.2) is 11.6 Å². The molecule has 116 valence electrons. The van der Waals surface area contributed by atoms with E-state index < -0.39 is 17.6 Å². The van der Waals surface area contributed by atoms with Gasteiger partial charge in [-0.3, -0.25) is 9.59 Å². The number of imide groups is 1. The van der Waals surface area contributed by atoms with E-state index in [1.54, 1.807) is 24.3 Å². The minimum Gasteiger partial charge on any atom is -0.483 e. The normalized spacial score (nSPS) is 17.2. The topological polar surface area (TPSA) is 55.8 Å². The fourth-order valence-electron chi connectivity index (χ4n) is 2.61. The number of hydrogen-bond acceptors (Lipinski definition) is 4. The van der Waals surface area contributed by atoms with Crippen LogP contribution >= 0.6 is 0 Å². The van der Waals surface area contributed by atoms with E-state index in [1.165, 1.54) is 12.1 Å². The maximum atomic E-state index is 14.2. The van der Waals surface area contributed by atoms with E-state index in [2.05, 4.69) is 0 Å². The van der Waals surface area contributed by atoms with Gasteiger partial charge in [0.2, 0.25) is 0 Å². The van der Waals surface area contributed by atoms with Crippen LogP contribution in [0.4, 0.5) is 10.1 Å². The van der Waals surface area contributed by atoms with Gasteiger partial charge >= 0.3 is 0 Å². The predicted octanol–water partition coefficient (Wildman–Crippen LogP) is 2.40. The molecule has 2 aliphatic rings. The molecule has 0 aliphatic carbocycles. The molecule has 0 atom stereocenters. The number of hydrogen-bond donors (Lipinski definition) is 0. The molecule has 23 heavy (non-hydrogen) atoms. The minimum absolute atomic E-state index is 0.0821. The smallest absolute Gasteiger partial charge is 0.266 e. The summed E-state index contributed by atoms with van der Waals surface area (Å²) in [6.45, 7) is 0.860. The Labute approximate surface area is 131 Å². The van der Waals surface area contributed by atoms with Gasteiger partial charge in [-0.05, 0) is 24.3 Å². The molecular formula is C17H12FNO4. The van der Waals surface area contributed by atoms with Crippen molar-refractivity contribution in [3.8, 4) is 5.75 Å². The molecule has 2 heterocycles. The highest BCUT2D eigenvalue weighted by Crippen LogP contribution is 2.31. The Hall–Kier alpha value is -2.73. The SMILES string of the molecule is O=C1c2ccccc2C(=O)N1c1ccc(OC2COC2)c(F)c1. The van der Waals surface area contributed by atoms with E-state index in [0.29, 0.717) is 24.3 Å². The number of nitrogens with zero attached hydrogens (tertiary/aromatic N) is 1. The Balaban J connectivity index is 1.65. The number of amides is 2. The van der Waals surface area contributed by atoms with Crippen molar-refractivity contribution in [1.82, 2.24) is 0 Å². The summed E-state index contributed by atoms with van der Waals surface area (Å²) < 4.78 is 24.6. The highest BCUT2D eigenvalue weighted by Gasteiger charge is 2.36. The van der Waals surface area contributed by atoms with Crippen LogP contribution in [0.25, 0.3) is 0 Å². The first-order chi connectivity index (χ1) is 11.1. The second-order valence-corrected chi connectivity index (χ2v) is 5.38. The Morgan fingerprint density at radius 1 is 1.04 bits per heavy atom. The highest BCUT2D eigenvalue weighted by atomic mass is 19.1. The summed E-state index contributed by atoms with van der Waals surface area (Å²) in [6, 6.07) is 10.6. The molecule has 2 aromatic rings. The van der Waals surface area contributed by atoms with Crippen molar-refractivity contribution >= 4 is 17.5 Å². The van der Waals surface area contributed by atoms with Crippen molar-refractivity contribution in [2.75, 3.05) is 18.1 Å². The fraction of sp³-hybridized carbons (Fsp3) is 0.176. The van der Waals surface area contributed by atoms with Gasteiger partial charge in [0.1, 0.15) is 6.10 Å². The number of anilines is 1. The lowest BCUT2D eigenvalue weighted by Gasteiger charge is -2.27. The van der Waals surface area contributed by atoms with Crippen LogP contribution in [0.3, 0.4) is 0 Å². The summed E-state index contributed by atoms with van der Waals surface area (Å²) in [4.78, 5) is 25.7. The molecule has 1 saturated heterocycles. The number of carbonyl (C=O) groups is 2. The molecule has 0 radical (unpaired) electrons. The summed E-state index contributed by atoms with van der Waals surface area (Å²) in [5, 5.41) is 0. The molecule has 0 spiro atoms. The zero-order valence-electron chi connectivity index (χ0n) is 12.0. The van der Waals surface area contributed by atoms with Crippen LogP contribution in [0.5, 0.6) is 5.75 Å². The van der Waals surface area contributed by atoms with Crippen molar-refractivity contribution < 1.29 is 23.5 Å². The summed E-state index contributed by atoms with van der Waals surface area (Å²) in [6.07, 6.45) is -0.158. The quantitative estimate of drug-likeness (QED) is 0.817. The first kappa shape index (κ1) is 13.9. The van der Waals surface area contributed by atoms with E-state index in [-0.39, 0.29) is 17.5 Å². The zero-order chi connectivity index (χ0) is 16.0. The monoisotopic (exact) mass is 313 g/mol. The molecule has 0 aromatic heterocycles. The third kappa shape index (κ3) is 2.19. The standard InChI is InChI=1S/C17H12FNO4/c18-14-7-10(5-6-15(14)23-11-8-22-9-11)19-16(20)12-3-1-2-4-13(12)17(19)21/h1-7,11H,8-9H2. The van der Waals surface area contributed by atoms with E-state index in [4.69, 9.17) is 9.47 Å². The first-order valence-electron chi connectivity index (χ1n) is 7.17. The number of carbonyl (C=O) groups excluding carboxylic acids is 2. The van der Waals surface area contributed by atoms with Gasteiger partial charge in [0, 0.05) is 6.07 Å². The maximum absolute atomic E-state index is 14.2. The van der Waals surface area contributed by atoms with Gasteiger partial charge in [0.25, 0.3) is 11.8 Å². The van der Waals surface area contributed by atoms with Crippen LogP contribution in [0.2, 0.25) is 0 Å². The van der Waals surface area contributed by atoms with Gasteiger partial charge in [-0.25, -0.2) is 9.29 Å². The van der Waals surface area contributed by atoms with Crippen molar-refractivity contribution in [3.05, 3.63) is 59.4 Å². The first-order valence-corrected chi connectivity index (χ1v) is 7.17. The molecule has 2 aromatic carbocycles. The van der Waals surface area contributed by atoms with Crippen molar-refractivity contribution in [3.63, 3.8) is 0 Å². The van der Waals surface area contributed by atoms with Crippen LogP contribution < -0.4 is 9.64 Å². The second-order valence-electron chi connectivity index (χ2n) is 5.38. The summed E-state index contributed by atoms with van der Waals surface area (Å²) in [5.41, 5.74) is 0.834. The lowest BCUT2D eigenvalue weighted by Crippen LogP contribution is -2.38. The maximum Gasteiger partial charge on any atom is 0.266 e. The molecule has 2 aliphatic heterocycles. The lowest BCUT2D eigenvalue weighted by atomic mass is 10.1. The molecule has 1 fully saturated rings. The number of fused-ring (bicyclic) bond motifs is 1. The Morgan fingerprint density at radius 2 is 1.70 bits per heavy atom. The molecular weight excluding hydrogens is 301 g/mol. The fourth-order valence-corrected chi connectivity index (χ4v) is 2.61. The largest absolute Gasteiger partial charge is 0.483 e. The van der Waals surface area contributed by atoms with Crippen LogP contribution in [-0.2, 0) is 4.74 Å². The molecule has 6 heteroatoms. The van der Waals surface area contributed by atoms with Gasteiger partial charge in [0.05, 0.1) is 30.0 Å². The number of rotatable bonds is 3. The van der Waals surface area contributed by atoms with Gasteiger partial charge in [-0.15, -0.1) is 0 Å². The van der Waals surface area contributed by atoms with Gasteiger partial charge in [-0.2, -0.15) is 0 Å². The van der Waals surface area contributed by atoms with Crippen molar-refractivity contribution in [2.24, 2.45) is 0 Å². The Bertz CT molecular complexity index is 781. The lowest BCUT2D eigenvalue weighted by molar-refractivity contribution is -0.0808. The van der Waals surface area contributed by atoms with Gasteiger partial charge < -0.3 is 9.47 Å². The van der Waals surface area contributed by atoms with E-state index in [9.17, 15) is 14.0 Å².